The molecule has 5 heteroatoms. The number of ether oxygens (including phenoxy) is 3. The second-order valence-electron chi connectivity index (χ2n) is 4.31. The molecule has 0 aliphatic carbocycles. The number of benzene rings is 1. The molecule has 1 N–H and O–H groups in total. The van der Waals surface area contributed by atoms with E-state index in [2.05, 4.69) is 5.32 Å². The second-order valence-corrected chi connectivity index (χ2v) is 4.31. The van der Waals surface area contributed by atoms with Crippen LogP contribution in [0.5, 0.6) is 5.75 Å². The average Bonchev–Trinajstić information content (AvgIpc) is 2.40. The van der Waals surface area contributed by atoms with Gasteiger partial charge in [-0.25, -0.2) is 0 Å². The third kappa shape index (κ3) is 3.94. The lowest BCUT2D eigenvalue weighted by atomic mass is 10.1. The Morgan fingerprint density at radius 3 is 2.37 bits per heavy atom. The number of carbonyl (C=O) groups is 1. The van der Waals surface area contributed by atoms with Crippen molar-refractivity contribution in [1.29, 1.82) is 0 Å². The minimum atomic E-state index is -0.486. The number of carbonyl (C=O) groups excluding carboxylic acids is 1. The van der Waals surface area contributed by atoms with Crippen molar-refractivity contribution in [2.45, 2.75) is 26.2 Å². The van der Waals surface area contributed by atoms with Crippen molar-refractivity contribution < 1.29 is 19.0 Å². The molecule has 19 heavy (non-hydrogen) atoms. The summed E-state index contributed by atoms with van der Waals surface area (Å²) < 4.78 is 15.4. The van der Waals surface area contributed by atoms with Crippen molar-refractivity contribution in [2.75, 3.05) is 21.3 Å². The quantitative estimate of drug-likeness (QED) is 0.798. The summed E-state index contributed by atoms with van der Waals surface area (Å²) in [5, 5.41) is 2.83. The predicted octanol–water partition coefficient (Wildman–Crippen LogP) is 1.74. The van der Waals surface area contributed by atoms with Gasteiger partial charge in [-0.2, -0.15) is 0 Å². The van der Waals surface area contributed by atoms with Gasteiger partial charge in [-0.3, -0.25) is 4.79 Å². The highest BCUT2D eigenvalue weighted by atomic mass is 16.7. The normalized spacial score (nSPS) is 12.3. The van der Waals surface area contributed by atoms with Crippen LogP contribution in [-0.4, -0.2) is 39.6 Å². The third-order valence-electron chi connectivity index (χ3n) is 2.83. The Kier molecular flexibility index (Phi) is 5.79. The van der Waals surface area contributed by atoms with E-state index in [1.165, 1.54) is 21.3 Å². The van der Waals surface area contributed by atoms with Gasteiger partial charge in [0.2, 0.25) is 0 Å². The van der Waals surface area contributed by atoms with Crippen LogP contribution in [0.1, 0.15) is 22.8 Å². The smallest absolute Gasteiger partial charge is 0.255 e. The van der Waals surface area contributed by atoms with Gasteiger partial charge < -0.3 is 19.5 Å². The molecule has 1 atom stereocenters. The van der Waals surface area contributed by atoms with Gasteiger partial charge in [0.1, 0.15) is 5.75 Å². The van der Waals surface area contributed by atoms with Crippen LogP contribution in [0.4, 0.5) is 0 Å². The molecule has 0 aliphatic heterocycles. The van der Waals surface area contributed by atoms with Crippen LogP contribution in [0.15, 0.2) is 18.2 Å². The summed E-state index contributed by atoms with van der Waals surface area (Å²) >= 11 is 0. The fourth-order valence-electron chi connectivity index (χ4n) is 1.86. The molecular weight excluding hydrogens is 246 g/mol. The average molecular weight is 267 g/mol. The number of hydrogen-bond donors (Lipinski definition) is 1. The van der Waals surface area contributed by atoms with E-state index >= 15 is 0 Å². The zero-order valence-corrected chi connectivity index (χ0v) is 12.0. The maximum Gasteiger partial charge on any atom is 0.255 e. The summed E-state index contributed by atoms with van der Waals surface area (Å²) in [6.07, 6.45) is -0.486. The van der Waals surface area contributed by atoms with Crippen molar-refractivity contribution in [3.8, 4) is 5.75 Å². The fraction of sp³-hybridized carbons (Fsp3) is 0.500. The number of hydrogen-bond acceptors (Lipinski definition) is 4. The first-order chi connectivity index (χ1) is 9.03. The lowest BCUT2D eigenvalue weighted by Crippen LogP contribution is -2.43. The van der Waals surface area contributed by atoms with E-state index < -0.39 is 6.29 Å². The summed E-state index contributed by atoms with van der Waals surface area (Å²) in [7, 11) is 4.60. The summed E-state index contributed by atoms with van der Waals surface area (Å²) in [6, 6.07) is 5.19. The fourth-order valence-corrected chi connectivity index (χ4v) is 1.86. The minimum absolute atomic E-state index is 0.216. The predicted molar refractivity (Wildman–Crippen MR) is 72.5 cm³/mol. The van der Waals surface area contributed by atoms with E-state index in [0.717, 1.165) is 5.56 Å². The standard InChI is InChI=1S/C14H21NO4/c1-9-6-7-12(17-3)11(8-9)13(16)15-10(2)14(18-4)19-5/h6-8,10,14H,1-5H3,(H,15,16). The van der Waals surface area contributed by atoms with Crippen LogP contribution in [0.2, 0.25) is 0 Å². The van der Waals surface area contributed by atoms with Gasteiger partial charge in [0.05, 0.1) is 18.7 Å². The monoisotopic (exact) mass is 267 g/mol. The zero-order chi connectivity index (χ0) is 14.4. The van der Waals surface area contributed by atoms with Gasteiger partial charge in [-0.15, -0.1) is 0 Å². The molecule has 0 aromatic heterocycles. The highest BCUT2D eigenvalue weighted by molar-refractivity contribution is 5.97. The molecule has 1 aromatic carbocycles. The van der Waals surface area contributed by atoms with E-state index in [9.17, 15) is 4.79 Å². The van der Waals surface area contributed by atoms with Crippen molar-refractivity contribution in [3.63, 3.8) is 0 Å². The van der Waals surface area contributed by atoms with E-state index in [1.807, 2.05) is 19.9 Å². The molecule has 1 amide bonds. The summed E-state index contributed by atoms with van der Waals surface area (Å²) in [6.45, 7) is 3.74. The SMILES string of the molecule is COc1ccc(C)cc1C(=O)NC(C)C(OC)OC. The summed E-state index contributed by atoms with van der Waals surface area (Å²) in [5.41, 5.74) is 1.49. The van der Waals surface area contributed by atoms with Gasteiger partial charge in [0.25, 0.3) is 5.91 Å². The van der Waals surface area contributed by atoms with E-state index in [4.69, 9.17) is 14.2 Å². The topological polar surface area (TPSA) is 56.8 Å². The van der Waals surface area contributed by atoms with Crippen molar-refractivity contribution in [3.05, 3.63) is 29.3 Å². The van der Waals surface area contributed by atoms with Gasteiger partial charge in [0, 0.05) is 14.2 Å². The molecule has 0 heterocycles. The molecule has 0 fully saturated rings. The van der Waals surface area contributed by atoms with E-state index in [0.29, 0.717) is 11.3 Å². The van der Waals surface area contributed by atoms with Gasteiger partial charge in [-0.05, 0) is 26.0 Å². The third-order valence-corrected chi connectivity index (χ3v) is 2.83. The van der Waals surface area contributed by atoms with Crippen LogP contribution >= 0.6 is 0 Å². The summed E-state index contributed by atoms with van der Waals surface area (Å²) in [5.74, 6) is 0.328. The number of aryl methyl sites for hydroxylation is 1. The van der Waals surface area contributed by atoms with Crippen LogP contribution in [0, 0.1) is 6.92 Å². The van der Waals surface area contributed by atoms with Gasteiger partial charge in [0.15, 0.2) is 6.29 Å². The number of amides is 1. The first kappa shape index (κ1) is 15.5. The molecular formula is C14H21NO4. The highest BCUT2D eigenvalue weighted by Gasteiger charge is 2.20. The first-order valence-corrected chi connectivity index (χ1v) is 6.04. The molecule has 0 radical (unpaired) electrons. The van der Waals surface area contributed by atoms with Gasteiger partial charge in [-0.1, -0.05) is 11.6 Å². The molecule has 1 aromatic rings. The van der Waals surface area contributed by atoms with Crippen molar-refractivity contribution in [2.24, 2.45) is 0 Å². The van der Waals surface area contributed by atoms with Gasteiger partial charge >= 0.3 is 0 Å². The van der Waals surface area contributed by atoms with Crippen molar-refractivity contribution >= 4 is 5.91 Å². The Hall–Kier alpha value is -1.59. The van der Waals surface area contributed by atoms with Crippen LogP contribution in [0.25, 0.3) is 0 Å². The Morgan fingerprint density at radius 1 is 1.21 bits per heavy atom. The van der Waals surface area contributed by atoms with Crippen molar-refractivity contribution in [1.82, 2.24) is 5.32 Å². The minimum Gasteiger partial charge on any atom is -0.496 e. The first-order valence-electron chi connectivity index (χ1n) is 6.04. The zero-order valence-electron chi connectivity index (χ0n) is 12.0. The molecule has 1 unspecified atom stereocenters. The maximum absolute atomic E-state index is 12.2. The lowest BCUT2D eigenvalue weighted by Gasteiger charge is -2.22. The molecule has 0 bridgehead atoms. The Bertz CT molecular complexity index is 429. The van der Waals surface area contributed by atoms with E-state index in [1.54, 1.807) is 12.1 Å². The summed E-state index contributed by atoms with van der Waals surface area (Å²) in [4.78, 5) is 12.2. The molecule has 106 valence electrons. The molecule has 0 aliphatic rings. The van der Waals surface area contributed by atoms with Crippen LogP contribution in [0.3, 0.4) is 0 Å². The number of methoxy groups -OCH3 is 3. The molecule has 5 nitrogen and oxygen atoms in total. The Morgan fingerprint density at radius 2 is 1.84 bits per heavy atom. The molecule has 0 spiro atoms. The Labute approximate surface area is 113 Å². The molecule has 1 rings (SSSR count). The molecule has 0 saturated heterocycles. The highest BCUT2D eigenvalue weighted by Crippen LogP contribution is 2.19. The van der Waals surface area contributed by atoms with Crippen LogP contribution in [-0.2, 0) is 9.47 Å². The number of rotatable bonds is 6. The van der Waals surface area contributed by atoms with Crippen LogP contribution < -0.4 is 10.1 Å². The maximum atomic E-state index is 12.2. The largest absolute Gasteiger partial charge is 0.496 e. The Balaban J connectivity index is 2.86. The molecule has 0 saturated carbocycles. The number of nitrogens with one attached hydrogen (secondary N) is 1. The second kappa shape index (κ2) is 7.11. The van der Waals surface area contributed by atoms with E-state index in [-0.39, 0.29) is 11.9 Å². The lowest BCUT2D eigenvalue weighted by molar-refractivity contribution is -0.117.